The van der Waals surface area contributed by atoms with Gasteiger partial charge in [0.1, 0.15) is 10.6 Å². The predicted molar refractivity (Wildman–Crippen MR) is 67.5 cm³/mol. The smallest absolute Gasteiger partial charge is 0.326 e. The number of esters is 1. The molecule has 1 rings (SSSR count). The molecule has 0 aromatic carbocycles. The minimum Gasteiger partial charge on any atom is -0.480 e. The summed E-state index contributed by atoms with van der Waals surface area (Å²) >= 11 is 3.10. The maximum Gasteiger partial charge on any atom is 0.326 e. The van der Waals surface area contributed by atoms with Crippen molar-refractivity contribution in [1.29, 1.82) is 0 Å². The molecule has 0 aliphatic rings. The van der Waals surface area contributed by atoms with Crippen molar-refractivity contribution < 1.29 is 24.2 Å². The van der Waals surface area contributed by atoms with E-state index in [-0.39, 0.29) is 5.56 Å². The van der Waals surface area contributed by atoms with E-state index in [1.807, 2.05) is 0 Å². The van der Waals surface area contributed by atoms with Crippen LogP contribution in [0, 0.1) is 0 Å². The average molecular weight is 331 g/mol. The summed E-state index contributed by atoms with van der Waals surface area (Å²) in [6, 6.07) is 1.52. The first-order valence-electron chi connectivity index (χ1n) is 5.16. The number of hydrogen-bond donors (Lipinski definition) is 2. The fraction of sp³-hybridized carbons (Fsp3) is 0.273. The molecule has 8 heteroatoms. The average Bonchev–Trinajstić information content (AvgIpc) is 2.37. The Hall–Kier alpha value is -1.96. The molecule has 0 saturated carbocycles. The lowest BCUT2D eigenvalue weighted by Gasteiger charge is -2.13. The van der Waals surface area contributed by atoms with Crippen molar-refractivity contribution in [1.82, 2.24) is 10.3 Å². The number of ether oxygens (including phenoxy) is 1. The molecule has 0 unspecified atom stereocenters. The molecular formula is C11H11BrN2O5. The molecule has 19 heavy (non-hydrogen) atoms. The van der Waals surface area contributed by atoms with Crippen LogP contribution in [0.25, 0.3) is 0 Å². The molecule has 2 N–H and O–H groups in total. The fourth-order valence-corrected chi connectivity index (χ4v) is 1.60. The molecule has 7 nitrogen and oxygen atoms in total. The van der Waals surface area contributed by atoms with Gasteiger partial charge in [0, 0.05) is 11.8 Å². The number of carbonyl (C=O) groups is 3. The van der Waals surface area contributed by atoms with Crippen molar-refractivity contribution >= 4 is 33.8 Å². The quantitative estimate of drug-likeness (QED) is 0.604. The Kier molecular flexibility index (Phi) is 5.43. The number of halogens is 1. The van der Waals surface area contributed by atoms with Crippen LogP contribution in [0.15, 0.2) is 22.9 Å². The van der Waals surface area contributed by atoms with Crippen molar-refractivity contribution in [3.05, 3.63) is 28.5 Å². The van der Waals surface area contributed by atoms with Gasteiger partial charge in [0.2, 0.25) is 0 Å². The molecule has 0 aliphatic carbocycles. The van der Waals surface area contributed by atoms with Crippen LogP contribution in [-0.4, -0.2) is 41.1 Å². The van der Waals surface area contributed by atoms with E-state index in [2.05, 4.69) is 31.0 Å². The van der Waals surface area contributed by atoms with E-state index in [0.29, 0.717) is 4.60 Å². The van der Waals surface area contributed by atoms with Gasteiger partial charge in [-0.15, -0.1) is 0 Å². The standard InChI is InChI=1S/C11H11BrN2O5/c1-19-9(15)5-7(11(17)18)14-10(16)6-2-3-13-8(12)4-6/h2-4,7H,5H2,1H3,(H,14,16)(H,17,18)/t7-/m0/s1. The summed E-state index contributed by atoms with van der Waals surface area (Å²) in [6.45, 7) is 0. The van der Waals surface area contributed by atoms with Crippen LogP contribution in [-0.2, 0) is 14.3 Å². The fourth-order valence-electron chi connectivity index (χ4n) is 1.24. The number of carboxylic acids is 1. The molecule has 0 spiro atoms. The minimum absolute atomic E-state index is 0.234. The monoisotopic (exact) mass is 330 g/mol. The Balaban J connectivity index is 2.77. The molecule has 0 bridgehead atoms. The molecule has 0 radical (unpaired) electrons. The zero-order chi connectivity index (χ0) is 14.4. The van der Waals surface area contributed by atoms with Gasteiger partial charge in [0.25, 0.3) is 5.91 Å². The van der Waals surface area contributed by atoms with Gasteiger partial charge in [-0.05, 0) is 28.1 Å². The molecule has 0 fully saturated rings. The maximum atomic E-state index is 11.8. The Bertz CT molecular complexity index is 506. The first kappa shape index (κ1) is 15.1. The van der Waals surface area contributed by atoms with Gasteiger partial charge in [-0.25, -0.2) is 9.78 Å². The predicted octanol–water partition coefficient (Wildman–Crippen LogP) is 0.590. The van der Waals surface area contributed by atoms with E-state index in [1.54, 1.807) is 0 Å². The van der Waals surface area contributed by atoms with Gasteiger partial charge in [-0.1, -0.05) is 0 Å². The molecule has 1 aromatic rings. The van der Waals surface area contributed by atoms with E-state index >= 15 is 0 Å². The normalized spacial score (nSPS) is 11.5. The number of methoxy groups -OCH3 is 1. The van der Waals surface area contributed by atoms with Crippen molar-refractivity contribution in [3.8, 4) is 0 Å². The largest absolute Gasteiger partial charge is 0.480 e. The number of aromatic nitrogens is 1. The number of pyridine rings is 1. The SMILES string of the molecule is COC(=O)C[C@H](NC(=O)c1ccnc(Br)c1)C(=O)O. The summed E-state index contributed by atoms with van der Waals surface area (Å²) in [6.07, 6.45) is 0.957. The third-order valence-corrected chi connectivity index (χ3v) is 2.62. The number of hydrogen-bond acceptors (Lipinski definition) is 5. The van der Waals surface area contributed by atoms with E-state index in [9.17, 15) is 14.4 Å². The number of carboxylic acid groups (broad SMARTS) is 1. The van der Waals surface area contributed by atoms with Crippen LogP contribution in [0.4, 0.5) is 0 Å². The summed E-state index contributed by atoms with van der Waals surface area (Å²) in [5.74, 6) is -2.64. The summed E-state index contributed by atoms with van der Waals surface area (Å²) in [5, 5.41) is 11.2. The highest BCUT2D eigenvalue weighted by Crippen LogP contribution is 2.08. The summed E-state index contributed by atoms with van der Waals surface area (Å²) in [5.41, 5.74) is 0.234. The van der Waals surface area contributed by atoms with Gasteiger partial charge in [0.05, 0.1) is 13.5 Å². The van der Waals surface area contributed by atoms with Crippen LogP contribution in [0.1, 0.15) is 16.8 Å². The van der Waals surface area contributed by atoms with Crippen LogP contribution in [0.3, 0.4) is 0 Å². The van der Waals surface area contributed by atoms with Gasteiger partial charge in [-0.2, -0.15) is 0 Å². The first-order valence-corrected chi connectivity index (χ1v) is 5.95. The topological polar surface area (TPSA) is 106 Å². The summed E-state index contributed by atoms with van der Waals surface area (Å²) in [7, 11) is 1.14. The Morgan fingerprint density at radius 2 is 2.21 bits per heavy atom. The third kappa shape index (κ3) is 4.66. The Labute approximate surface area is 117 Å². The highest BCUT2D eigenvalue weighted by molar-refractivity contribution is 9.10. The molecular weight excluding hydrogens is 320 g/mol. The Morgan fingerprint density at radius 1 is 1.53 bits per heavy atom. The molecule has 1 heterocycles. The lowest BCUT2D eigenvalue weighted by Crippen LogP contribution is -2.42. The van der Waals surface area contributed by atoms with Crippen LogP contribution < -0.4 is 5.32 Å². The second-order valence-corrected chi connectivity index (χ2v) is 4.32. The molecule has 0 aliphatic heterocycles. The number of nitrogens with zero attached hydrogens (tertiary/aromatic N) is 1. The van der Waals surface area contributed by atoms with Gasteiger partial charge in [-0.3, -0.25) is 9.59 Å². The molecule has 102 valence electrons. The Morgan fingerprint density at radius 3 is 2.74 bits per heavy atom. The van der Waals surface area contributed by atoms with E-state index < -0.39 is 30.3 Å². The van der Waals surface area contributed by atoms with Crippen LogP contribution >= 0.6 is 15.9 Å². The molecule has 1 atom stereocenters. The number of amides is 1. The number of carbonyl (C=O) groups excluding carboxylic acids is 2. The van der Waals surface area contributed by atoms with Crippen molar-refractivity contribution in [2.24, 2.45) is 0 Å². The van der Waals surface area contributed by atoms with E-state index in [0.717, 1.165) is 7.11 Å². The van der Waals surface area contributed by atoms with E-state index in [4.69, 9.17) is 5.11 Å². The molecule has 1 amide bonds. The summed E-state index contributed by atoms with van der Waals surface area (Å²) < 4.78 is 4.81. The van der Waals surface area contributed by atoms with Crippen molar-refractivity contribution in [2.75, 3.05) is 7.11 Å². The number of rotatable bonds is 5. The first-order chi connectivity index (χ1) is 8.93. The van der Waals surface area contributed by atoms with Crippen molar-refractivity contribution in [2.45, 2.75) is 12.5 Å². The number of nitrogens with one attached hydrogen (secondary N) is 1. The lowest BCUT2D eigenvalue weighted by molar-refractivity contribution is -0.147. The van der Waals surface area contributed by atoms with E-state index in [1.165, 1.54) is 18.3 Å². The number of aliphatic carboxylic acids is 1. The maximum absolute atomic E-state index is 11.8. The summed E-state index contributed by atoms with van der Waals surface area (Å²) in [4.78, 5) is 37.6. The highest BCUT2D eigenvalue weighted by Gasteiger charge is 2.24. The lowest BCUT2D eigenvalue weighted by atomic mass is 10.2. The molecule has 0 saturated heterocycles. The van der Waals surface area contributed by atoms with Crippen LogP contribution in [0.2, 0.25) is 0 Å². The van der Waals surface area contributed by atoms with Gasteiger partial charge >= 0.3 is 11.9 Å². The van der Waals surface area contributed by atoms with Gasteiger partial charge < -0.3 is 15.2 Å². The molecule has 1 aromatic heterocycles. The minimum atomic E-state index is -1.34. The van der Waals surface area contributed by atoms with Crippen molar-refractivity contribution in [3.63, 3.8) is 0 Å². The van der Waals surface area contributed by atoms with Crippen LogP contribution in [0.5, 0.6) is 0 Å². The second-order valence-electron chi connectivity index (χ2n) is 3.51. The highest BCUT2D eigenvalue weighted by atomic mass is 79.9. The zero-order valence-corrected chi connectivity index (χ0v) is 11.5. The second kappa shape index (κ2) is 6.83. The van der Waals surface area contributed by atoms with Gasteiger partial charge in [0.15, 0.2) is 0 Å². The zero-order valence-electron chi connectivity index (χ0n) is 9.92. The third-order valence-electron chi connectivity index (χ3n) is 2.19.